The van der Waals surface area contributed by atoms with E-state index in [1.165, 1.54) is 18.2 Å². The van der Waals surface area contributed by atoms with Crippen molar-refractivity contribution in [1.29, 1.82) is 0 Å². The van der Waals surface area contributed by atoms with Crippen LogP contribution in [0.2, 0.25) is 10.0 Å². The molecule has 0 aliphatic carbocycles. The Morgan fingerprint density at radius 3 is 2.56 bits per heavy atom. The van der Waals surface area contributed by atoms with E-state index in [1.807, 2.05) is 0 Å². The van der Waals surface area contributed by atoms with Gasteiger partial charge in [-0.3, -0.25) is 4.79 Å². The number of carbonyl (C=O) groups is 1. The molecule has 1 rings (SSSR count). The molecule has 0 bridgehead atoms. The van der Waals surface area contributed by atoms with Crippen LogP contribution in [0.5, 0.6) is 0 Å². The number of rotatable bonds is 6. The zero-order chi connectivity index (χ0) is 13.5. The molecular weight excluding hydrogens is 277 g/mol. The molecule has 4 nitrogen and oxygen atoms in total. The molecule has 0 aromatic heterocycles. The molecule has 1 aromatic rings. The van der Waals surface area contributed by atoms with E-state index in [1.54, 1.807) is 7.11 Å². The van der Waals surface area contributed by atoms with Gasteiger partial charge >= 0.3 is 0 Å². The summed E-state index contributed by atoms with van der Waals surface area (Å²) in [7, 11) is 1.59. The van der Waals surface area contributed by atoms with Crippen LogP contribution >= 0.6 is 23.2 Å². The lowest BCUT2D eigenvalue weighted by Crippen LogP contribution is -2.30. The summed E-state index contributed by atoms with van der Waals surface area (Å²) in [6, 6.07) is 4.55. The highest BCUT2D eigenvalue weighted by atomic mass is 35.5. The van der Waals surface area contributed by atoms with Crippen molar-refractivity contribution in [2.24, 2.45) is 0 Å². The summed E-state index contributed by atoms with van der Waals surface area (Å²) >= 11 is 11.6. The zero-order valence-corrected chi connectivity index (χ0v) is 11.5. The number of aliphatic hydroxyl groups is 1. The molecule has 0 aliphatic heterocycles. The predicted octanol–water partition coefficient (Wildman–Crippen LogP) is 2.18. The molecule has 100 valence electrons. The van der Waals surface area contributed by atoms with E-state index >= 15 is 0 Å². The van der Waals surface area contributed by atoms with Crippen LogP contribution in [0.25, 0.3) is 0 Å². The van der Waals surface area contributed by atoms with Crippen molar-refractivity contribution in [3.05, 3.63) is 33.8 Å². The normalized spacial score (nSPS) is 12.2. The minimum absolute atomic E-state index is 0.372. The molecule has 6 heteroatoms. The largest absolute Gasteiger partial charge is 0.385 e. The Morgan fingerprint density at radius 2 is 2.00 bits per heavy atom. The number of halogens is 2. The number of hydrogen-bond donors (Lipinski definition) is 2. The van der Waals surface area contributed by atoms with E-state index in [0.29, 0.717) is 35.2 Å². The predicted molar refractivity (Wildman–Crippen MR) is 70.9 cm³/mol. The van der Waals surface area contributed by atoms with Crippen LogP contribution in [-0.2, 0) is 9.53 Å². The third-order valence-electron chi connectivity index (χ3n) is 2.27. The fourth-order valence-electron chi connectivity index (χ4n) is 1.41. The van der Waals surface area contributed by atoms with Gasteiger partial charge in [0.25, 0.3) is 5.91 Å². The van der Waals surface area contributed by atoms with Gasteiger partial charge < -0.3 is 15.2 Å². The monoisotopic (exact) mass is 291 g/mol. The van der Waals surface area contributed by atoms with Crippen molar-refractivity contribution in [1.82, 2.24) is 5.32 Å². The highest BCUT2D eigenvalue weighted by Crippen LogP contribution is 2.23. The number of aliphatic hydroxyl groups excluding tert-OH is 1. The van der Waals surface area contributed by atoms with Gasteiger partial charge in [-0.2, -0.15) is 0 Å². The first-order chi connectivity index (χ1) is 8.54. The first-order valence-electron chi connectivity index (χ1n) is 5.45. The number of nitrogens with one attached hydrogen (secondary N) is 1. The van der Waals surface area contributed by atoms with Gasteiger partial charge in [0.1, 0.15) is 0 Å². The van der Waals surface area contributed by atoms with Crippen LogP contribution in [0.3, 0.4) is 0 Å². The quantitative estimate of drug-likeness (QED) is 0.790. The number of amides is 1. The summed E-state index contributed by atoms with van der Waals surface area (Å²) in [5, 5.41) is 13.2. The van der Waals surface area contributed by atoms with Crippen LogP contribution < -0.4 is 5.32 Å². The van der Waals surface area contributed by atoms with Gasteiger partial charge in [-0.15, -0.1) is 0 Å². The van der Waals surface area contributed by atoms with E-state index in [0.717, 1.165) is 0 Å². The van der Waals surface area contributed by atoms with Crippen LogP contribution in [0.15, 0.2) is 18.2 Å². The summed E-state index contributed by atoms with van der Waals surface area (Å²) in [4.78, 5) is 11.6. The number of methoxy groups -OCH3 is 1. The van der Waals surface area contributed by atoms with E-state index in [2.05, 4.69) is 5.32 Å². The first-order valence-corrected chi connectivity index (χ1v) is 6.21. The molecule has 1 atom stereocenters. The number of ether oxygens (including phenoxy) is 1. The molecular formula is C12H15Cl2NO3. The molecule has 0 radical (unpaired) electrons. The van der Waals surface area contributed by atoms with E-state index < -0.39 is 12.0 Å². The van der Waals surface area contributed by atoms with Gasteiger partial charge in [0.15, 0.2) is 6.10 Å². The van der Waals surface area contributed by atoms with Crippen molar-refractivity contribution in [2.45, 2.75) is 12.5 Å². The number of benzene rings is 1. The Bertz CT molecular complexity index is 392. The average molecular weight is 292 g/mol. The highest BCUT2D eigenvalue weighted by Gasteiger charge is 2.17. The number of hydrogen-bond acceptors (Lipinski definition) is 3. The van der Waals surface area contributed by atoms with Gasteiger partial charge in [-0.05, 0) is 30.2 Å². The molecule has 0 aliphatic rings. The Hall–Kier alpha value is -0.810. The van der Waals surface area contributed by atoms with E-state index in [9.17, 15) is 9.90 Å². The fourth-order valence-corrected chi connectivity index (χ4v) is 1.95. The topological polar surface area (TPSA) is 58.6 Å². The second-order valence-corrected chi connectivity index (χ2v) is 4.62. The maximum Gasteiger partial charge on any atom is 0.253 e. The van der Waals surface area contributed by atoms with Crippen LogP contribution in [0, 0.1) is 0 Å². The molecule has 1 amide bonds. The lowest BCUT2D eigenvalue weighted by Gasteiger charge is -2.12. The minimum Gasteiger partial charge on any atom is -0.385 e. The van der Waals surface area contributed by atoms with Crippen LogP contribution in [0.4, 0.5) is 0 Å². The molecule has 1 aromatic carbocycles. The van der Waals surface area contributed by atoms with Crippen molar-refractivity contribution in [2.75, 3.05) is 20.3 Å². The van der Waals surface area contributed by atoms with Gasteiger partial charge in [-0.25, -0.2) is 0 Å². The lowest BCUT2D eigenvalue weighted by molar-refractivity contribution is -0.129. The maximum absolute atomic E-state index is 11.6. The third kappa shape index (κ3) is 4.82. The molecule has 1 unspecified atom stereocenters. The smallest absolute Gasteiger partial charge is 0.253 e. The van der Waals surface area contributed by atoms with Gasteiger partial charge in [0.2, 0.25) is 0 Å². The Kier molecular flexibility index (Phi) is 6.43. The molecule has 0 saturated heterocycles. The number of carbonyl (C=O) groups excluding carboxylic acids is 1. The Morgan fingerprint density at radius 1 is 1.39 bits per heavy atom. The SMILES string of the molecule is COCCCNC(=O)C(O)c1cc(Cl)cc(Cl)c1. The summed E-state index contributed by atoms with van der Waals surface area (Å²) < 4.78 is 4.85. The fraction of sp³-hybridized carbons (Fsp3) is 0.417. The molecule has 0 heterocycles. The summed E-state index contributed by atoms with van der Waals surface area (Å²) in [6.07, 6.45) is -0.589. The van der Waals surface area contributed by atoms with Crippen molar-refractivity contribution in [3.63, 3.8) is 0 Å². The maximum atomic E-state index is 11.6. The van der Waals surface area contributed by atoms with Crippen LogP contribution in [0.1, 0.15) is 18.1 Å². The summed E-state index contributed by atoms with van der Waals surface area (Å²) in [5.41, 5.74) is 0.372. The highest BCUT2D eigenvalue weighted by molar-refractivity contribution is 6.34. The zero-order valence-electron chi connectivity index (χ0n) is 9.95. The van der Waals surface area contributed by atoms with E-state index in [4.69, 9.17) is 27.9 Å². The Balaban J connectivity index is 2.57. The van der Waals surface area contributed by atoms with Gasteiger partial charge in [-0.1, -0.05) is 23.2 Å². The summed E-state index contributed by atoms with van der Waals surface area (Å²) in [5.74, 6) is -0.482. The van der Waals surface area contributed by atoms with Crippen molar-refractivity contribution >= 4 is 29.1 Å². The third-order valence-corrected chi connectivity index (χ3v) is 2.71. The molecule has 18 heavy (non-hydrogen) atoms. The second-order valence-electron chi connectivity index (χ2n) is 3.74. The second kappa shape index (κ2) is 7.59. The minimum atomic E-state index is -1.27. The van der Waals surface area contributed by atoms with Crippen molar-refractivity contribution in [3.8, 4) is 0 Å². The average Bonchev–Trinajstić information content (AvgIpc) is 2.32. The molecule has 0 fully saturated rings. The van der Waals surface area contributed by atoms with Gasteiger partial charge in [0, 0.05) is 30.3 Å². The Labute approximate surface area is 116 Å². The lowest BCUT2D eigenvalue weighted by atomic mass is 10.1. The summed E-state index contributed by atoms with van der Waals surface area (Å²) in [6.45, 7) is 0.997. The van der Waals surface area contributed by atoms with Crippen LogP contribution in [-0.4, -0.2) is 31.3 Å². The first kappa shape index (κ1) is 15.2. The van der Waals surface area contributed by atoms with Crippen molar-refractivity contribution < 1.29 is 14.6 Å². The standard InChI is InChI=1S/C12H15Cl2NO3/c1-18-4-2-3-15-12(17)11(16)8-5-9(13)7-10(14)6-8/h5-7,11,16H,2-4H2,1H3,(H,15,17). The molecule has 2 N–H and O–H groups in total. The van der Waals surface area contributed by atoms with E-state index in [-0.39, 0.29) is 0 Å². The molecule has 0 saturated carbocycles. The van der Waals surface area contributed by atoms with Gasteiger partial charge in [0.05, 0.1) is 0 Å². The molecule has 0 spiro atoms.